The molecule has 0 amide bonds. The summed E-state index contributed by atoms with van der Waals surface area (Å²) in [4.78, 5) is 12.0. The van der Waals surface area contributed by atoms with Crippen LogP contribution in [0, 0.1) is 17.3 Å². The summed E-state index contributed by atoms with van der Waals surface area (Å²) in [6.07, 6.45) is 2.89. The Kier molecular flexibility index (Phi) is 7.95. The maximum atomic E-state index is 12.0. The van der Waals surface area contributed by atoms with Crippen LogP contribution in [-0.4, -0.2) is 29.4 Å². The summed E-state index contributed by atoms with van der Waals surface area (Å²) < 4.78 is 5.05. The van der Waals surface area contributed by atoms with Crippen molar-refractivity contribution in [1.82, 2.24) is 0 Å². The van der Waals surface area contributed by atoms with E-state index < -0.39 is 0 Å². The summed E-state index contributed by atoms with van der Waals surface area (Å²) in [6.45, 7) is 9.81. The third-order valence-corrected chi connectivity index (χ3v) is 3.06. The first kappa shape index (κ1) is 18.1. The lowest BCUT2D eigenvalue weighted by Crippen LogP contribution is -2.23. The zero-order chi connectivity index (χ0) is 15.1. The van der Waals surface area contributed by atoms with Crippen LogP contribution >= 0.6 is 0 Å². The zero-order valence-corrected chi connectivity index (χ0v) is 12.8. The Morgan fingerprint density at radius 3 is 2.11 bits per heavy atom. The number of aliphatic hydroxyl groups excluding tert-OH is 2. The Hall–Kier alpha value is -0.870. The molecular formula is C15H28O4. The highest BCUT2D eigenvalue weighted by atomic mass is 16.5. The lowest BCUT2D eigenvalue weighted by atomic mass is 9.83. The van der Waals surface area contributed by atoms with E-state index in [0.29, 0.717) is 5.57 Å². The van der Waals surface area contributed by atoms with Crippen molar-refractivity contribution in [3.63, 3.8) is 0 Å². The molecule has 4 heteroatoms. The summed E-state index contributed by atoms with van der Waals surface area (Å²) in [5.74, 6) is -0.247. The number of ether oxygens (including phenoxy) is 1. The van der Waals surface area contributed by atoms with Crippen molar-refractivity contribution < 1.29 is 19.7 Å². The molecule has 0 radical (unpaired) electrons. The fourth-order valence-corrected chi connectivity index (χ4v) is 1.67. The molecule has 0 aromatic carbocycles. The van der Waals surface area contributed by atoms with Gasteiger partial charge >= 0.3 is 5.97 Å². The van der Waals surface area contributed by atoms with Crippen LogP contribution in [0.5, 0.6) is 0 Å². The lowest BCUT2D eigenvalue weighted by Gasteiger charge is -2.24. The molecule has 112 valence electrons. The van der Waals surface area contributed by atoms with Gasteiger partial charge in [0.1, 0.15) is 0 Å². The fraction of sp³-hybridized carbons (Fsp3) is 0.800. The number of hydrogen-bond acceptors (Lipinski definition) is 4. The Labute approximate surface area is 116 Å². The molecule has 0 aliphatic heterocycles. The minimum Gasteiger partial charge on any atom is -0.434 e. The molecular weight excluding hydrogens is 244 g/mol. The Bertz CT molecular complexity index is 294. The maximum absolute atomic E-state index is 12.0. The molecule has 0 aromatic heterocycles. The molecule has 19 heavy (non-hydrogen) atoms. The van der Waals surface area contributed by atoms with Crippen molar-refractivity contribution in [2.45, 2.75) is 47.5 Å². The second kappa shape index (κ2) is 8.33. The Balaban J connectivity index is 4.54. The summed E-state index contributed by atoms with van der Waals surface area (Å²) in [5.41, 5.74) is 0.483. The van der Waals surface area contributed by atoms with E-state index in [1.165, 1.54) is 0 Å². The molecule has 4 nitrogen and oxygen atoms in total. The van der Waals surface area contributed by atoms with E-state index in [4.69, 9.17) is 14.9 Å². The van der Waals surface area contributed by atoms with Crippen LogP contribution in [0.2, 0.25) is 0 Å². The molecule has 0 saturated heterocycles. The van der Waals surface area contributed by atoms with Gasteiger partial charge in [0.15, 0.2) is 0 Å². The number of esters is 1. The van der Waals surface area contributed by atoms with E-state index in [1.807, 2.05) is 13.8 Å². The van der Waals surface area contributed by atoms with Gasteiger partial charge in [-0.25, -0.2) is 0 Å². The van der Waals surface area contributed by atoms with E-state index in [1.54, 1.807) is 0 Å². The van der Waals surface area contributed by atoms with Gasteiger partial charge in [0.2, 0.25) is 0 Å². The fourth-order valence-electron chi connectivity index (χ4n) is 1.67. The molecule has 0 aromatic rings. The monoisotopic (exact) mass is 272 g/mol. The molecule has 1 unspecified atom stereocenters. The van der Waals surface area contributed by atoms with Crippen molar-refractivity contribution in [1.29, 1.82) is 0 Å². The molecule has 0 saturated carbocycles. The molecule has 0 aliphatic carbocycles. The van der Waals surface area contributed by atoms with Gasteiger partial charge in [-0.1, -0.05) is 34.6 Å². The van der Waals surface area contributed by atoms with Gasteiger partial charge in [-0.3, -0.25) is 4.79 Å². The quantitative estimate of drug-likeness (QED) is 0.552. The third kappa shape index (κ3) is 8.01. The molecule has 0 spiro atoms. The van der Waals surface area contributed by atoms with Crippen molar-refractivity contribution in [2.24, 2.45) is 17.3 Å². The lowest BCUT2D eigenvalue weighted by molar-refractivity contribution is -0.144. The van der Waals surface area contributed by atoms with E-state index in [-0.39, 0.29) is 36.4 Å². The highest BCUT2D eigenvalue weighted by Crippen LogP contribution is 2.27. The van der Waals surface area contributed by atoms with Crippen LogP contribution in [0.25, 0.3) is 0 Å². The van der Waals surface area contributed by atoms with Gasteiger partial charge in [-0.15, -0.1) is 0 Å². The van der Waals surface area contributed by atoms with Crippen LogP contribution in [0.4, 0.5) is 0 Å². The number of carbonyl (C=O) groups is 1. The minimum absolute atomic E-state index is 0.158. The largest absolute Gasteiger partial charge is 0.434 e. The number of hydrogen-bond donors (Lipinski definition) is 2. The molecule has 0 rings (SSSR count). The Morgan fingerprint density at radius 1 is 1.21 bits per heavy atom. The van der Waals surface area contributed by atoms with Gasteiger partial charge in [0.05, 0.1) is 25.4 Å². The van der Waals surface area contributed by atoms with E-state index >= 15 is 0 Å². The van der Waals surface area contributed by atoms with E-state index in [9.17, 15) is 4.79 Å². The molecule has 0 fully saturated rings. The van der Waals surface area contributed by atoms with E-state index in [2.05, 4.69) is 20.8 Å². The first-order valence-electron chi connectivity index (χ1n) is 6.81. The Morgan fingerprint density at radius 2 is 1.74 bits per heavy atom. The minimum atomic E-state index is -0.307. The second-order valence-corrected chi connectivity index (χ2v) is 6.48. The van der Waals surface area contributed by atoms with Crippen molar-refractivity contribution in [3.8, 4) is 0 Å². The average Bonchev–Trinajstić information content (AvgIpc) is 2.28. The van der Waals surface area contributed by atoms with Crippen molar-refractivity contribution in [3.05, 3.63) is 11.8 Å². The smallest absolute Gasteiger partial charge is 0.313 e. The van der Waals surface area contributed by atoms with Crippen LogP contribution in [0.1, 0.15) is 47.5 Å². The van der Waals surface area contributed by atoms with Gasteiger partial charge < -0.3 is 14.9 Å². The summed E-state index contributed by atoms with van der Waals surface area (Å²) >= 11 is 0. The first-order valence-corrected chi connectivity index (χ1v) is 6.81. The van der Waals surface area contributed by atoms with Crippen LogP contribution in [-0.2, 0) is 9.53 Å². The maximum Gasteiger partial charge on any atom is 0.313 e. The van der Waals surface area contributed by atoms with Crippen LogP contribution < -0.4 is 0 Å². The molecule has 2 N–H and O–H groups in total. The highest BCUT2D eigenvalue weighted by molar-refractivity contribution is 5.73. The van der Waals surface area contributed by atoms with Crippen LogP contribution in [0.15, 0.2) is 11.8 Å². The van der Waals surface area contributed by atoms with Crippen molar-refractivity contribution in [2.75, 3.05) is 13.2 Å². The average molecular weight is 272 g/mol. The predicted molar refractivity (Wildman–Crippen MR) is 75.4 cm³/mol. The SMILES string of the molecule is CC(C)C(CCC(C)(C)C)C(=O)OC=C(CO)CO. The summed E-state index contributed by atoms with van der Waals surface area (Å²) in [6, 6.07) is 0. The van der Waals surface area contributed by atoms with Gasteiger partial charge in [-0.2, -0.15) is 0 Å². The predicted octanol–water partition coefficient (Wildman–Crippen LogP) is 2.50. The second-order valence-electron chi connectivity index (χ2n) is 6.48. The summed E-state index contributed by atoms with van der Waals surface area (Å²) in [5, 5.41) is 17.8. The number of rotatable bonds is 7. The number of aliphatic hydroxyl groups is 2. The van der Waals surface area contributed by atoms with E-state index in [0.717, 1.165) is 19.1 Å². The third-order valence-electron chi connectivity index (χ3n) is 3.06. The summed E-state index contributed by atoms with van der Waals surface area (Å²) in [7, 11) is 0. The normalized spacial score (nSPS) is 13.3. The van der Waals surface area contributed by atoms with Gasteiger partial charge in [0.25, 0.3) is 0 Å². The molecule has 0 bridgehead atoms. The molecule has 0 aliphatic rings. The number of carbonyl (C=O) groups excluding carboxylic acids is 1. The topological polar surface area (TPSA) is 66.8 Å². The first-order chi connectivity index (χ1) is 8.71. The molecule has 1 atom stereocenters. The zero-order valence-electron chi connectivity index (χ0n) is 12.8. The molecule has 0 heterocycles. The highest BCUT2D eigenvalue weighted by Gasteiger charge is 2.25. The van der Waals surface area contributed by atoms with Gasteiger partial charge in [0, 0.05) is 5.57 Å². The standard InChI is InChI=1S/C15H28O4/c1-11(2)13(6-7-15(3,4)5)14(18)19-10-12(8-16)9-17/h10-11,13,16-17H,6-9H2,1-5H3. The van der Waals surface area contributed by atoms with Crippen molar-refractivity contribution >= 4 is 5.97 Å². The van der Waals surface area contributed by atoms with Crippen LogP contribution in [0.3, 0.4) is 0 Å². The van der Waals surface area contributed by atoms with Gasteiger partial charge in [-0.05, 0) is 24.2 Å².